The number of ether oxygens (including phenoxy) is 1. The summed E-state index contributed by atoms with van der Waals surface area (Å²) in [4.78, 5) is 46.6. The summed E-state index contributed by atoms with van der Waals surface area (Å²) in [7, 11) is 0. The number of rotatable bonds is 9. The molecule has 2 amide bonds. The first-order chi connectivity index (χ1) is 21.1. The van der Waals surface area contributed by atoms with E-state index in [9.17, 15) is 27.6 Å². The highest BCUT2D eigenvalue weighted by Crippen LogP contribution is 2.39. The molecule has 1 saturated heterocycles. The van der Waals surface area contributed by atoms with Gasteiger partial charge in [0.1, 0.15) is 6.54 Å². The third-order valence-electron chi connectivity index (χ3n) is 6.60. The minimum absolute atomic E-state index is 0.0201. The van der Waals surface area contributed by atoms with Crippen LogP contribution in [0.1, 0.15) is 16.1 Å². The summed E-state index contributed by atoms with van der Waals surface area (Å²) >= 11 is 6.44. The van der Waals surface area contributed by atoms with E-state index in [-0.39, 0.29) is 63.7 Å². The number of benzene rings is 1. The average Bonchev–Trinajstić information content (AvgIpc) is 3.63. The summed E-state index contributed by atoms with van der Waals surface area (Å²) in [5.41, 5.74) is -1.39. The number of fused-ring (bicyclic) bond motifs is 1. The quantitative estimate of drug-likeness (QED) is 0.233. The molecule has 0 radical (unpaired) electrons. The van der Waals surface area contributed by atoms with E-state index in [2.05, 4.69) is 31.0 Å². The number of carbonyl (C=O) groups excluding carboxylic acids is 3. The summed E-state index contributed by atoms with van der Waals surface area (Å²) in [5.74, 6) is -1.15. The second kappa shape index (κ2) is 12.6. The number of carbonyl (C=O) groups is 3. The molecule has 1 aromatic carbocycles. The molecule has 0 unspecified atom stereocenters. The minimum atomic E-state index is -4.81. The molecule has 44 heavy (non-hydrogen) atoms. The molecule has 5 rings (SSSR count). The van der Waals surface area contributed by atoms with Crippen LogP contribution < -0.4 is 20.7 Å². The van der Waals surface area contributed by atoms with Crippen LogP contribution in [0.15, 0.2) is 36.9 Å². The molecule has 18 heteroatoms. The number of hydrogen-bond donors (Lipinski definition) is 3. The second-order valence-electron chi connectivity index (χ2n) is 9.31. The summed E-state index contributed by atoms with van der Waals surface area (Å²) in [6.45, 7) is 1.77. The second-order valence-corrected chi connectivity index (χ2v) is 9.69. The van der Waals surface area contributed by atoms with Crippen LogP contribution in [0.3, 0.4) is 0 Å². The van der Waals surface area contributed by atoms with Crippen molar-refractivity contribution in [3.05, 3.63) is 53.2 Å². The van der Waals surface area contributed by atoms with E-state index in [0.717, 1.165) is 10.9 Å². The number of alkyl halides is 3. The zero-order chi connectivity index (χ0) is 31.4. The van der Waals surface area contributed by atoms with Crippen LogP contribution in [-0.2, 0) is 22.3 Å². The average molecular weight is 631 g/mol. The van der Waals surface area contributed by atoms with Gasteiger partial charge in [-0.25, -0.2) is 9.97 Å². The van der Waals surface area contributed by atoms with Gasteiger partial charge in [0.25, 0.3) is 12.4 Å². The first kappa shape index (κ1) is 30.3. The van der Waals surface area contributed by atoms with Crippen LogP contribution in [0.25, 0.3) is 16.9 Å². The number of nitrogens with one attached hydrogen (secondary N) is 3. The van der Waals surface area contributed by atoms with Crippen molar-refractivity contribution in [3.8, 4) is 23.1 Å². The maximum Gasteiger partial charge on any atom is 0.435 e. The summed E-state index contributed by atoms with van der Waals surface area (Å²) in [6.07, 6.45) is 0.163. The summed E-state index contributed by atoms with van der Waals surface area (Å²) in [5, 5.41) is 20.7. The lowest BCUT2D eigenvalue weighted by molar-refractivity contribution is -0.141. The Morgan fingerprint density at radius 3 is 2.70 bits per heavy atom. The number of anilines is 2. The molecule has 4 aromatic rings. The molecule has 1 aliphatic heterocycles. The van der Waals surface area contributed by atoms with Crippen molar-refractivity contribution in [3.63, 3.8) is 0 Å². The van der Waals surface area contributed by atoms with Gasteiger partial charge in [0.05, 0.1) is 46.3 Å². The van der Waals surface area contributed by atoms with Crippen LogP contribution >= 0.6 is 11.6 Å². The van der Waals surface area contributed by atoms with Crippen molar-refractivity contribution in [1.29, 1.82) is 5.26 Å². The Kier molecular flexibility index (Phi) is 8.64. The largest absolute Gasteiger partial charge is 0.435 e. The van der Waals surface area contributed by atoms with Gasteiger partial charge in [0.2, 0.25) is 5.91 Å². The number of hydrogen-bond acceptors (Lipinski definition) is 10. The Morgan fingerprint density at radius 1 is 1.23 bits per heavy atom. The SMILES string of the molecule is N#CCn1cc(-c2cnc3c(Nc4ccc(C(=O)NCC(=O)N5CCNCC5)c(Cl)c4OC=O)nccn23)c(C(F)(F)F)n1. The Labute approximate surface area is 251 Å². The van der Waals surface area contributed by atoms with Gasteiger partial charge in [-0.05, 0) is 12.1 Å². The smallest absolute Gasteiger partial charge is 0.425 e. The van der Waals surface area contributed by atoms with E-state index in [4.69, 9.17) is 21.6 Å². The Hall–Kier alpha value is -5.21. The molecule has 3 aromatic heterocycles. The molecule has 1 aliphatic rings. The van der Waals surface area contributed by atoms with E-state index >= 15 is 0 Å². The number of amides is 2. The van der Waals surface area contributed by atoms with Gasteiger partial charge < -0.3 is 25.6 Å². The lowest BCUT2D eigenvalue weighted by atomic mass is 10.1. The van der Waals surface area contributed by atoms with Gasteiger partial charge >= 0.3 is 6.18 Å². The molecular formula is C26H22ClF3N10O4. The predicted octanol–water partition coefficient (Wildman–Crippen LogP) is 2.23. The van der Waals surface area contributed by atoms with Crippen molar-refractivity contribution in [2.45, 2.75) is 12.7 Å². The fraction of sp³-hybridized carbons (Fsp3) is 0.269. The van der Waals surface area contributed by atoms with E-state index in [1.165, 1.54) is 35.1 Å². The molecular weight excluding hydrogens is 609 g/mol. The molecule has 14 nitrogen and oxygen atoms in total. The number of piperazine rings is 1. The minimum Gasteiger partial charge on any atom is -0.425 e. The maximum absolute atomic E-state index is 13.8. The van der Waals surface area contributed by atoms with Crippen LogP contribution in [0.4, 0.5) is 24.7 Å². The van der Waals surface area contributed by atoms with Gasteiger partial charge in [-0.1, -0.05) is 11.6 Å². The zero-order valence-corrected chi connectivity index (χ0v) is 23.3. The van der Waals surface area contributed by atoms with Crippen LogP contribution in [0.2, 0.25) is 5.02 Å². The van der Waals surface area contributed by atoms with Crippen molar-refractivity contribution < 1.29 is 32.3 Å². The van der Waals surface area contributed by atoms with Crippen molar-refractivity contribution in [1.82, 2.24) is 39.7 Å². The summed E-state index contributed by atoms with van der Waals surface area (Å²) in [6, 6.07) is 4.46. The van der Waals surface area contributed by atoms with Gasteiger partial charge in [-0.2, -0.15) is 23.5 Å². The normalized spacial score (nSPS) is 13.4. The maximum atomic E-state index is 13.8. The molecule has 0 spiro atoms. The first-order valence-electron chi connectivity index (χ1n) is 12.9. The third kappa shape index (κ3) is 6.11. The third-order valence-corrected chi connectivity index (χ3v) is 6.97. The van der Waals surface area contributed by atoms with Gasteiger partial charge in [-0.3, -0.25) is 23.5 Å². The Balaban J connectivity index is 1.43. The molecule has 0 atom stereocenters. The number of nitrogens with zero attached hydrogens (tertiary/aromatic N) is 7. The molecule has 0 saturated carbocycles. The fourth-order valence-electron chi connectivity index (χ4n) is 4.58. The number of nitriles is 1. The Morgan fingerprint density at radius 2 is 2.00 bits per heavy atom. The number of aromatic nitrogens is 5. The monoisotopic (exact) mass is 630 g/mol. The van der Waals surface area contributed by atoms with Crippen molar-refractivity contribution in [2.24, 2.45) is 0 Å². The van der Waals surface area contributed by atoms with Crippen LogP contribution in [0.5, 0.6) is 5.75 Å². The van der Waals surface area contributed by atoms with E-state index < -0.39 is 24.3 Å². The fourth-order valence-corrected chi connectivity index (χ4v) is 4.87. The highest BCUT2D eigenvalue weighted by molar-refractivity contribution is 6.36. The predicted molar refractivity (Wildman–Crippen MR) is 148 cm³/mol. The van der Waals surface area contributed by atoms with Crippen LogP contribution in [0, 0.1) is 11.3 Å². The lowest BCUT2D eigenvalue weighted by Gasteiger charge is -2.27. The van der Waals surface area contributed by atoms with Crippen LogP contribution in [-0.4, -0.2) is 80.1 Å². The first-order valence-corrected chi connectivity index (χ1v) is 13.3. The number of imidazole rings is 1. The lowest BCUT2D eigenvalue weighted by Crippen LogP contribution is -2.49. The van der Waals surface area contributed by atoms with Gasteiger partial charge in [-0.15, -0.1) is 0 Å². The molecule has 228 valence electrons. The number of halogens is 4. The molecule has 1 fully saturated rings. The standard InChI is InChI=1S/C26H22ClF3N10O4/c27-20-15(25(43)35-12-19(42)38-8-4-32-5-9-38)1-2-17(21(20)44-14-41)36-23-24-34-11-18(40(24)10-6-33-23)16-13-39(7-3-31)37-22(16)26(28,29)30/h1-2,6,10-11,13-14,32H,4-5,7-9,12H2,(H,33,36)(H,35,43). The van der Waals surface area contributed by atoms with Gasteiger partial charge in [0.15, 0.2) is 22.9 Å². The highest BCUT2D eigenvalue weighted by atomic mass is 35.5. The van der Waals surface area contributed by atoms with Gasteiger partial charge in [0, 0.05) is 44.8 Å². The van der Waals surface area contributed by atoms with E-state index in [1.54, 1.807) is 11.0 Å². The van der Waals surface area contributed by atoms with E-state index in [0.29, 0.717) is 26.2 Å². The Bertz CT molecular complexity index is 1780. The molecule has 3 N–H and O–H groups in total. The van der Waals surface area contributed by atoms with Crippen molar-refractivity contribution in [2.75, 3.05) is 38.0 Å². The summed E-state index contributed by atoms with van der Waals surface area (Å²) < 4.78 is 48.6. The highest BCUT2D eigenvalue weighted by Gasteiger charge is 2.38. The van der Waals surface area contributed by atoms with E-state index in [1.807, 2.05) is 0 Å². The topological polar surface area (TPSA) is 172 Å². The molecule has 0 bridgehead atoms. The molecule has 4 heterocycles. The van der Waals surface area contributed by atoms with Crippen molar-refractivity contribution >= 4 is 47.0 Å². The molecule has 0 aliphatic carbocycles. The zero-order valence-electron chi connectivity index (χ0n) is 22.6.